The highest BCUT2D eigenvalue weighted by atomic mass is 35.5. The normalized spacial score (nSPS) is 10.4. The molecule has 0 saturated carbocycles. The summed E-state index contributed by atoms with van der Waals surface area (Å²) in [7, 11) is 1.51. The fraction of sp³-hybridized carbons (Fsp3) is 0.222. The van der Waals surface area contributed by atoms with Gasteiger partial charge in [0.15, 0.2) is 0 Å². The Hall–Kier alpha value is -2.53. The molecule has 0 unspecified atom stereocenters. The topological polar surface area (TPSA) is 67.4 Å². The number of hydrogen-bond acceptors (Lipinski definition) is 3. The molecule has 24 heavy (non-hydrogen) atoms. The molecule has 5 nitrogen and oxygen atoms in total. The van der Waals surface area contributed by atoms with Gasteiger partial charge < -0.3 is 15.4 Å². The Morgan fingerprint density at radius 1 is 1.04 bits per heavy atom. The Morgan fingerprint density at radius 2 is 1.71 bits per heavy atom. The number of halogens is 1. The third-order valence-corrected chi connectivity index (χ3v) is 3.60. The zero-order chi connectivity index (χ0) is 17.7. The first-order valence-electron chi connectivity index (χ1n) is 7.46. The zero-order valence-electron chi connectivity index (χ0n) is 13.7. The molecule has 0 aliphatic heterocycles. The second-order valence-corrected chi connectivity index (χ2v) is 5.96. The summed E-state index contributed by atoms with van der Waals surface area (Å²) in [6.07, 6.45) is 0. The first-order valence-corrected chi connectivity index (χ1v) is 7.84. The average molecular weight is 347 g/mol. The maximum Gasteiger partial charge on any atom is 0.255 e. The van der Waals surface area contributed by atoms with Crippen LogP contribution >= 0.6 is 11.6 Å². The van der Waals surface area contributed by atoms with Crippen LogP contribution in [0.3, 0.4) is 0 Å². The van der Waals surface area contributed by atoms with Gasteiger partial charge in [-0.05, 0) is 36.4 Å². The summed E-state index contributed by atoms with van der Waals surface area (Å²) in [5.74, 6) is -0.0316. The standard InChI is InChI=1S/C18H19ClN2O3/c1-11(2)17(22)21-15-9-8-14(10-16(15)24-3)20-18(23)12-4-6-13(19)7-5-12/h4-11H,1-3H3,(H,20,23)(H,21,22). The van der Waals surface area contributed by atoms with Crippen molar-refractivity contribution in [2.75, 3.05) is 17.7 Å². The van der Waals surface area contributed by atoms with Crippen LogP contribution in [0, 0.1) is 5.92 Å². The molecule has 2 aromatic rings. The molecule has 2 aromatic carbocycles. The van der Waals surface area contributed by atoms with E-state index in [0.29, 0.717) is 27.7 Å². The van der Waals surface area contributed by atoms with Gasteiger partial charge in [0.05, 0.1) is 12.8 Å². The fourth-order valence-corrected chi connectivity index (χ4v) is 2.08. The van der Waals surface area contributed by atoms with Gasteiger partial charge in [-0.2, -0.15) is 0 Å². The van der Waals surface area contributed by atoms with Crippen LogP contribution in [0.25, 0.3) is 0 Å². The lowest BCUT2D eigenvalue weighted by atomic mass is 10.2. The van der Waals surface area contributed by atoms with Crippen molar-refractivity contribution in [3.05, 3.63) is 53.1 Å². The summed E-state index contributed by atoms with van der Waals surface area (Å²) in [6.45, 7) is 3.62. The second kappa shape index (κ2) is 7.84. The molecule has 0 atom stereocenters. The van der Waals surface area contributed by atoms with E-state index in [4.69, 9.17) is 16.3 Å². The quantitative estimate of drug-likeness (QED) is 0.852. The molecule has 0 aromatic heterocycles. The predicted octanol–water partition coefficient (Wildman–Crippen LogP) is 4.20. The number of carbonyl (C=O) groups is 2. The Bertz CT molecular complexity index is 742. The van der Waals surface area contributed by atoms with Crippen molar-refractivity contribution in [1.82, 2.24) is 0 Å². The zero-order valence-corrected chi connectivity index (χ0v) is 14.5. The van der Waals surface area contributed by atoms with Gasteiger partial charge in [-0.25, -0.2) is 0 Å². The lowest BCUT2D eigenvalue weighted by Crippen LogP contribution is -2.18. The number of benzene rings is 2. The number of amides is 2. The Balaban J connectivity index is 2.15. The summed E-state index contributed by atoms with van der Waals surface area (Å²) in [6, 6.07) is 11.6. The van der Waals surface area contributed by atoms with Crippen LogP contribution in [0.4, 0.5) is 11.4 Å². The third-order valence-electron chi connectivity index (χ3n) is 3.35. The smallest absolute Gasteiger partial charge is 0.255 e. The highest BCUT2D eigenvalue weighted by Gasteiger charge is 2.12. The largest absolute Gasteiger partial charge is 0.494 e. The maximum absolute atomic E-state index is 12.2. The van der Waals surface area contributed by atoms with Crippen molar-refractivity contribution in [1.29, 1.82) is 0 Å². The average Bonchev–Trinajstić information content (AvgIpc) is 2.56. The molecule has 0 spiro atoms. The van der Waals surface area contributed by atoms with E-state index >= 15 is 0 Å². The van der Waals surface area contributed by atoms with E-state index in [1.54, 1.807) is 42.5 Å². The van der Waals surface area contributed by atoms with E-state index in [0.717, 1.165) is 0 Å². The highest BCUT2D eigenvalue weighted by Crippen LogP contribution is 2.28. The van der Waals surface area contributed by atoms with E-state index in [1.807, 2.05) is 13.8 Å². The molecule has 2 N–H and O–H groups in total. The Labute approximate surface area is 146 Å². The van der Waals surface area contributed by atoms with Gasteiger partial charge >= 0.3 is 0 Å². The molecule has 0 fully saturated rings. The molecule has 2 rings (SSSR count). The molecule has 0 radical (unpaired) electrons. The van der Waals surface area contributed by atoms with Crippen LogP contribution in [0.1, 0.15) is 24.2 Å². The number of methoxy groups -OCH3 is 1. The van der Waals surface area contributed by atoms with E-state index in [2.05, 4.69) is 10.6 Å². The molecule has 0 aliphatic rings. The minimum absolute atomic E-state index is 0.105. The van der Waals surface area contributed by atoms with E-state index < -0.39 is 0 Å². The van der Waals surface area contributed by atoms with E-state index in [1.165, 1.54) is 7.11 Å². The van der Waals surface area contributed by atoms with Gasteiger partial charge in [-0.1, -0.05) is 25.4 Å². The van der Waals surface area contributed by atoms with E-state index in [9.17, 15) is 9.59 Å². The number of rotatable bonds is 5. The van der Waals surface area contributed by atoms with Gasteiger partial charge in [0.2, 0.25) is 5.91 Å². The predicted molar refractivity (Wildman–Crippen MR) is 95.9 cm³/mol. The minimum Gasteiger partial charge on any atom is -0.494 e. The van der Waals surface area contributed by atoms with Gasteiger partial charge in [-0.15, -0.1) is 0 Å². The first kappa shape index (κ1) is 17.8. The molecular formula is C18H19ClN2O3. The minimum atomic E-state index is -0.257. The second-order valence-electron chi connectivity index (χ2n) is 5.52. The van der Waals surface area contributed by atoms with Crippen molar-refractivity contribution in [3.8, 4) is 5.75 Å². The molecule has 0 aliphatic carbocycles. The van der Waals surface area contributed by atoms with Crippen LogP contribution in [0.5, 0.6) is 5.75 Å². The lowest BCUT2D eigenvalue weighted by Gasteiger charge is -2.14. The Morgan fingerprint density at radius 3 is 2.29 bits per heavy atom. The SMILES string of the molecule is COc1cc(NC(=O)c2ccc(Cl)cc2)ccc1NC(=O)C(C)C. The fourth-order valence-electron chi connectivity index (χ4n) is 1.95. The molecule has 126 valence electrons. The summed E-state index contributed by atoms with van der Waals surface area (Å²) in [5.41, 5.74) is 1.62. The molecule has 2 amide bonds. The molecule has 0 bridgehead atoms. The maximum atomic E-state index is 12.2. The number of hydrogen-bond donors (Lipinski definition) is 2. The molecule has 6 heteroatoms. The van der Waals surface area contributed by atoms with Gasteiger partial charge in [0.25, 0.3) is 5.91 Å². The number of ether oxygens (including phenoxy) is 1. The van der Waals surface area contributed by atoms with Crippen molar-refractivity contribution >= 4 is 34.8 Å². The Kier molecular flexibility index (Phi) is 5.82. The summed E-state index contributed by atoms with van der Waals surface area (Å²) < 4.78 is 5.29. The molecule has 0 heterocycles. The summed E-state index contributed by atoms with van der Waals surface area (Å²) >= 11 is 5.81. The molecule has 0 saturated heterocycles. The molecular weight excluding hydrogens is 328 g/mol. The highest BCUT2D eigenvalue weighted by molar-refractivity contribution is 6.30. The third kappa shape index (κ3) is 4.49. The number of carbonyl (C=O) groups excluding carboxylic acids is 2. The summed E-state index contributed by atoms with van der Waals surface area (Å²) in [5, 5.41) is 6.14. The van der Waals surface area contributed by atoms with Crippen LogP contribution in [-0.4, -0.2) is 18.9 Å². The number of nitrogens with one attached hydrogen (secondary N) is 2. The van der Waals surface area contributed by atoms with Crippen molar-refractivity contribution in [2.45, 2.75) is 13.8 Å². The summed E-state index contributed by atoms with van der Waals surface area (Å²) in [4.78, 5) is 24.0. The first-order chi connectivity index (χ1) is 11.4. The van der Waals surface area contributed by atoms with Gasteiger partial charge in [0.1, 0.15) is 5.75 Å². The lowest BCUT2D eigenvalue weighted by molar-refractivity contribution is -0.118. The number of anilines is 2. The van der Waals surface area contributed by atoms with Gasteiger partial charge in [-0.3, -0.25) is 9.59 Å². The van der Waals surface area contributed by atoms with Crippen LogP contribution in [0.15, 0.2) is 42.5 Å². The van der Waals surface area contributed by atoms with E-state index in [-0.39, 0.29) is 17.7 Å². The van der Waals surface area contributed by atoms with Crippen LogP contribution in [-0.2, 0) is 4.79 Å². The van der Waals surface area contributed by atoms with Crippen molar-refractivity contribution in [3.63, 3.8) is 0 Å². The monoisotopic (exact) mass is 346 g/mol. The van der Waals surface area contributed by atoms with Crippen LogP contribution in [0.2, 0.25) is 5.02 Å². The van der Waals surface area contributed by atoms with Crippen molar-refractivity contribution in [2.24, 2.45) is 5.92 Å². The van der Waals surface area contributed by atoms with Crippen LogP contribution < -0.4 is 15.4 Å². The van der Waals surface area contributed by atoms with Crippen molar-refractivity contribution < 1.29 is 14.3 Å². The van der Waals surface area contributed by atoms with Gasteiger partial charge in [0, 0.05) is 28.3 Å².